The van der Waals surface area contributed by atoms with Crippen LogP contribution in [0.1, 0.15) is 5.56 Å². The molecule has 1 aromatic rings. The minimum atomic E-state index is -2.05. The van der Waals surface area contributed by atoms with Gasteiger partial charge in [-0.05, 0) is 0 Å². The maximum atomic E-state index is 3.90. The number of hydrogen-bond donors (Lipinski definition) is 0. The van der Waals surface area contributed by atoms with Crippen molar-refractivity contribution in [2.75, 3.05) is 0 Å². The van der Waals surface area contributed by atoms with Crippen molar-refractivity contribution >= 4 is 24.5 Å². The van der Waals surface area contributed by atoms with Crippen LogP contribution in [0.2, 0.25) is 17.1 Å². The number of benzene rings is 1. The molecule has 0 aliphatic rings. The van der Waals surface area contributed by atoms with Crippen molar-refractivity contribution < 1.29 is 0 Å². The third-order valence-corrected chi connectivity index (χ3v) is 5.87. The van der Waals surface area contributed by atoms with E-state index in [4.69, 9.17) is 0 Å². The van der Waals surface area contributed by atoms with Crippen LogP contribution >= 0.6 is 13.9 Å². The molecule has 0 aliphatic carbocycles. The van der Waals surface area contributed by atoms with Crippen LogP contribution in [0.4, 0.5) is 0 Å². The first-order chi connectivity index (χ1) is 5.33. The van der Waals surface area contributed by atoms with E-state index in [0.29, 0.717) is 0 Å². The second-order valence-electron chi connectivity index (χ2n) is 4.56. The Morgan fingerprint density at radius 2 is 1.58 bits per heavy atom. The molecule has 0 fully saturated rings. The zero-order valence-corrected chi connectivity index (χ0v) is 11.4. The van der Waals surface area contributed by atoms with Crippen LogP contribution in [0.5, 0.6) is 0 Å². The number of halogens is 1. The first kappa shape index (κ1) is 10.3. The molecule has 0 bridgehead atoms. The summed E-state index contributed by atoms with van der Waals surface area (Å²) >= 11 is 3.90. The molecule has 0 aliphatic heterocycles. The third kappa shape index (κ3) is 4.33. The van der Waals surface area contributed by atoms with E-state index in [1.54, 1.807) is 0 Å². The SMILES string of the molecule is C[As](C)(C)(Br)Cc1ccccc1. The Morgan fingerprint density at radius 1 is 1.08 bits per heavy atom. The van der Waals surface area contributed by atoms with Gasteiger partial charge in [-0.3, -0.25) is 0 Å². The summed E-state index contributed by atoms with van der Waals surface area (Å²) in [6.07, 6.45) is 0. The normalized spacial score (nSPS) is 15.2. The molecule has 0 heterocycles. The Hall–Kier alpha value is 0.258. The molecule has 0 atom stereocenters. The van der Waals surface area contributed by atoms with Crippen LogP contribution in [0.25, 0.3) is 0 Å². The Kier molecular flexibility index (Phi) is 2.75. The molecule has 0 amide bonds. The van der Waals surface area contributed by atoms with Gasteiger partial charge in [0.25, 0.3) is 0 Å². The van der Waals surface area contributed by atoms with E-state index < -0.39 is 10.6 Å². The fourth-order valence-corrected chi connectivity index (χ4v) is 5.73. The third-order valence-electron chi connectivity index (χ3n) is 1.56. The monoisotopic (exact) mass is 290 g/mol. The second-order valence-corrected chi connectivity index (χ2v) is 31.1. The fraction of sp³-hybridized carbons (Fsp3) is 0.400. The zero-order chi connectivity index (χ0) is 9.27. The van der Waals surface area contributed by atoms with Crippen LogP contribution in [-0.4, -0.2) is 10.6 Å². The molecule has 1 rings (SSSR count). The summed E-state index contributed by atoms with van der Waals surface area (Å²) < 4.78 is 0. The zero-order valence-electron chi connectivity index (χ0n) is 7.92. The molecule has 0 unspecified atom stereocenters. The standard InChI is InChI=1S/C10H16AsBr/c1-11(2,3,12)9-10-7-5-4-6-8-10/h4-8H,9H2,1-3H3. The molecule has 0 N–H and O–H groups in total. The molecule has 12 heavy (non-hydrogen) atoms. The van der Waals surface area contributed by atoms with E-state index in [1.807, 2.05) is 0 Å². The predicted molar refractivity (Wildman–Crippen MR) is 62.4 cm³/mol. The van der Waals surface area contributed by atoms with Gasteiger partial charge in [0.2, 0.25) is 0 Å². The van der Waals surface area contributed by atoms with Gasteiger partial charge in [-0.2, -0.15) is 0 Å². The maximum absolute atomic E-state index is 3.90. The molecule has 0 aromatic heterocycles. The van der Waals surface area contributed by atoms with Crippen molar-refractivity contribution in [2.45, 2.75) is 22.3 Å². The number of hydrogen-bond acceptors (Lipinski definition) is 0. The van der Waals surface area contributed by atoms with Gasteiger partial charge in [0.15, 0.2) is 0 Å². The van der Waals surface area contributed by atoms with Gasteiger partial charge in [-0.25, -0.2) is 0 Å². The van der Waals surface area contributed by atoms with E-state index in [2.05, 4.69) is 61.4 Å². The van der Waals surface area contributed by atoms with Crippen LogP contribution in [0.3, 0.4) is 0 Å². The second kappa shape index (κ2) is 3.19. The Morgan fingerprint density at radius 3 is 2.00 bits per heavy atom. The van der Waals surface area contributed by atoms with Crippen molar-refractivity contribution in [1.29, 1.82) is 0 Å². The van der Waals surface area contributed by atoms with Gasteiger partial charge in [0.05, 0.1) is 0 Å². The molecule has 68 valence electrons. The van der Waals surface area contributed by atoms with Gasteiger partial charge < -0.3 is 0 Å². The van der Waals surface area contributed by atoms with Crippen LogP contribution in [0.15, 0.2) is 30.3 Å². The van der Waals surface area contributed by atoms with Crippen molar-refractivity contribution in [3.05, 3.63) is 35.9 Å². The molecular weight excluding hydrogens is 275 g/mol. The van der Waals surface area contributed by atoms with Crippen molar-refractivity contribution in [3.63, 3.8) is 0 Å². The number of rotatable bonds is 2. The van der Waals surface area contributed by atoms with Crippen molar-refractivity contribution in [2.24, 2.45) is 0 Å². The van der Waals surface area contributed by atoms with Crippen LogP contribution < -0.4 is 0 Å². The van der Waals surface area contributed by atoms with Crippen LogP contribution in [0, 0.1) is 0 Å². The van der Waals surface area contributed by atoms with E-state index in [-0.39, 0.29) is 0 Å². The Labute approximate surface area is 82.6 Å². The first-order valence-electron chi connectivity index (χ1n) is 4.09. The molecule has 0 spiro atoms. The molecule has 1 aromatic carbocycles. The molecular formula is C10H16AsBr. The summed E-state index contributed by atoms with van der Waals surface area (Å²) in [5, 5.41) is 1.22. The molecule has 0 nitrogen and oxygen atoms in total. The average molecular weight is 291 g/mol. The summed E-state index contributed by atoms with van der Waals surface area (Å²) in [5.74, 6) is 0. The summed E-state index contributed by atoms with van der Waals surface area (Å²) in [6.45, 7) is 0. The average Bonchev–Trinajstić information content (AvgIpc) is 1.83. The minimum absolute atomic E-state index is 1.22. The van der Waals surface area contributed by atoms with Crippen molar-refractivity contribution in [1.82, 2.24) is 0 Å². The topological polar surface area (TPSA) is 0 Å². The van der Waals surface area contributed by atoms with Gasteiger partial charge in [-0.1, -0.05) is 0 Å². The molecule has 0 radical (unpaired) electrons. The Bertz CT molecular complexity index is 249. The molecule has 2 heteroatoms. The van der Waals surface area contributed by atoms with Gasteiger partial charge in [0, 0.05) is 0 Å². The molecule has 0 saturated heterocycles. The van der Waals surface area contributed by atoms with E-state index in [0.717, 1.165) is 0 Å². The van der Waals surface area contributed by atoms with Gasteiger partial charge >= 0.3 is 82.8 Å². The summed E-state index contributed by atoms with van der Waals surface area (Å²) in [5.41, 5.74) is 8.59. The summed E-state index contributed by atoms with van der Waals surface area (Å²) in [7, 11) is -2.05. The Balaban J connectivity index is 2.79. The summed E-state index contributed by atoms with van der Waals surface area (Å²) in [6, 6.07) is 10.7. The van der Waals surface area contributed by atoms with Crippen LogP contribution in [-0.2, 0) is 5.21 Å². The summed E-state index contributed by atoms with van der Waals surface area (Å²) in [4.78, 5) is 0. The fourth-order valence-electron chi connectivity index (χ4n) is 1.20. The van der Waals surface area contributed by atoms with E-state index in [1.165, 1.54) is 10.8 Å². The van der Waals surface area contributed by atoms with Gasteiger partial charge in [0.1, 0.15) is 0 Å². The quantitative estimate of drug-likeness (QED) is 0.724. The van der Waals surface area contributed by atoms with Gasteiger partial charge in [-0.15, -0.1) is 0 Å². The van der Waals surface area contributed by atoms with Crippen molar-refractivity contribution in [3.8, 4) is 0 Å². The van der Waals surface area contributed by atoms with E-state index in [9.17, 15) is 0 Å². The molecule has 0 saturated carbocycles. The van der Waals surface area contributed by atoms with E-state index >= 15 is 0 Å². The predicted octanol–water partition coefficient (Wildman–Crippen LogP) is 3.95. The first-order valence-corrected chi connectivity index (χ1v) is 15.4.